The van der Waals surface area contributed by atoms with Gasteiger partial charge in [0.25, 0.3) is 0 Å². The zero-order chi connectivity index (χ0) is 19.1. The fourth-order valence-corrected chi connectivity index (χ4v) is 3.99. The van der Waals surface area contributed by atoms with Crippen molar-refractivity contribution in [2.75, 3.05) is 13.7 Å². The summed E-state index contributed by atoms with van der Waals surface area (Å²) in [6, 6.07) is 6.21. The summed E-state index contributed by atoms with van der Waals surface area (Å²) in [4.78, 5) is 0. The van der Waals surface area contributed by atoms with Crippen molar-refractivity contribution in [2.45, 2.75) is 37.6 Å². The number of rotatable bonds is 4. The summed E-state index contributed by atoms with van der Waals surface area (Å²) in [5, 5.41) is 12.7. The van der Waals surface area contributed by atoms with Gasteiger partial charge in [-0.1, -0.05) is 45.7 Å². The molecular formula is C20H24BrClN2O2. The number of hydrazine groups is 1. The van der Waals surface area contributed by atoms with E-state index in [4.69, 9.17) is 16.3 Å². The zero-order valence-corrected chi connectivity index (χ0v) is 17.8. The lowest BCUT2D eigenvalue weighted by Crippen LogP contribution is -2.28. The molecule has 0 radical (unpaired) electrons. The van der Waals surface area contributed by atoms with Gasteiger partial charge in [0.2, 0.25) is 0 Å². The average molecular weight is 440 g/mol. The van der Waals surface area contributed by atoms with Gasteiger partial charge in [-0.3, -0.25) is 0 Å². The first kappa shape index (κ1) is 19.3. The number of aliphatic hydroxyl groups excluding tert-OH is 1. The Morgan fingerprint density at radius 1 is 1.42 bits per heavy atom. The molecule has 4 nitrogen and oxygen atoms in total. The Bertz CT molecular complexity index is 814. The highest BCUT2D eigenvalue weighted by atomic mass is 79.9. The first-order valence-corrected chi connectivity index (χ1v) is 9.75. The van der Waals surface area contributed by atoms with Crippen molar-refractivity contribution in [1.82, 2.24) is 10.4 Å². The van der Waals surface area contributed by atoms with Gasteiger partial charge in [-0.25, -0.2) is 5.43 Å². The normalized spacial score (nSPS) is 26.1. The molecule has 1 aliphatic heterocycles. The van der Waals surface area contributed by atoms with Gasteiger partial charge in [0, 0.05) is 12.6 Å². The maximum Gasteiger partial charge on any atom is 0.122 e. The molecule has 0 amide bonds. The largest absolute Gasteiger partial charge is 0.508 e. The third-order valence-electron chi connectivity index (χ3n) is 5.00. The quantitative estimate of drug-likeness (QED) is 0.496. The van der Waals surface area contributed by atoms with E-state index in [2.05, 4.69) is 33.5 Å². The van der Waals surface area contributed by atoms with E-state index in [1.54, 1.807) is 6.08 Å². The highest BCUT2D eigenvalue weighted by Crippen LogP contribution is 2.37. The summed E-state index contributed by atoms with van der Waals surface area (Å²) >= 11 is 9.97. The summed E-state index contributed by atoms with van der Waals surface area (Å²) in [5.74, 6) is 1.09. The van der Waals surface area contributed by atoms with Gasteiger partial charge >= 0.3 is 0 Å². The zero-order valence-electron chi connectivity index (χ0n) is 15.4. The molecule has 0 aromatic heterocycles. The maximum atomic E-state index is 10.2. The molecule has 0 spiro atoms. The van der Waals surface area contributed by atoms with Crippen molar-refractivity contribution < 1.29 is 9.84 Å². The van der Waals surface area contributed by atoms with Crippen LogP contribution in [0.4, 0.5) is 0 Å². The molecule has 1 unspecified atom stereocenters. The molecule has 6 heteroatoms. The topological polar surface area (TPSA) is 44.7 Å². The van der Waals surface area contributed by atoms with E-state index in [-0.39, 0.29) is 16.1 Å². The molecule has 1 aromatic carbocycles. The molecule has 1 aliphatic carbocycles. The van der Waals surface area contributed by atoms with Crippen molar-refractivity contribution in [3.05, 3.63) is 63.5 Å². The molecule has 0 saturated heterocycles. The predicted octanol–water partition coefficient (Wildman–Crippen LogP) is 5.26. The average Bonchev–Trinajstić information content (AvgIpc) is 2.82. The van der Waals surface area contributed by atoms with Crippen LogP contribution in [0.25, 0.3) is 0 Å². The first-order chi connectivity index (χ1) is 12.2. The fourth-order valence-electron chi connectivity index (χ4n) is 3.33. The van der Waals surface area contributed by atoms with Crippen LogP contribution in [0.2, 0.25) is 0 Å². The predicted molar refractivity (Wildman–Crippen MR) is 110 cm³/mol. The minimum absolute atomic E-state index is 0.0707. The van der Waals surface area contributed by atoms with Crippen molar-refractivity contribution in [3.63, 3.8) is 0 Å². The number of halogens is 2. The van der Waals surface area contributed by atoms with Crippen molar-refractivity contribution in [1.29, 1.82) is 0 Å². The van der Waals surface area contributed by atoms with E-state index in [1.165, 1.54) is 0 Å². The van der Waals surface area contributed by atoms with Gasteiger partial charge in [-0.15, -0.1) is 0 Å². The number of alkyl halides is 1. The van der Waals surface area contributed by atoms with Gasteiger partial charge < -0.3 is 14.9 Å². The third-order valence-corrected chi connectivity index (χ3v) is 6.35. The second-order valence-corrected chi connectivity index (χ2v) is 9.18. The Morgan fingerprint density at radius 2 is 2.15 bits per heavy atom. The molecule has 0 bridgehead atoms. The van der Waals surface area contributed by atoms with E-state index in [1.807, 2.05) is 45.0 Å². The number of aliphatic hydroxyl groups is 1. The molecule has 0 fully saturated rings. The standard InChI is InChI=1S/C20H24BrClN2O2/c1-12-10-14(18-13(2)19(22)24(4)23-18)7-8-17(12)26-11-15-16(25)6-5-9-20(15,3)21/h5-8,10,18,23,25H,9,11H2,1-4H3/t18?,20-/m0/s1. The van der Waals surface area contributed by atoms with Crippen LogP contribution >= 0.6 is 27.5 Å². The summed E-state index contributed by atoms with van der Waals surface area (Å²) in [5.41, 5.74) is 7.49. The van der Waals surface area contributed by atoms with Crippen LogP contribution in [0.3, 0.4) is 0 Å². The third kappa shape index (κ3) is 3.66. The smallest absolute Gasteiger partial charge is 0.122 e. The Labute approximate surface area is 168 Å². The molecular weight excluding hydrogens is 416 g/mol. The molecule has 1 heterocycles. The van der Waals surface area contributed by atoms with Crippen LogP contribution in [-0.2, 0) is 0 Å². The van der Waals surface area contributed by atoms with Gasteiger partial charge in [-0.05, 0) is 56.0 Å². The Kier molecular flexibility index (Phi) is 5.42. The number of aryl methyl sites for hydroxylation is 1. The monoisotopic (exact) mass is 438 g/mol. The lowest BCUT2D eigenvalue weighted by molar-refractivity contribution is 0.318. The van der Waals surface area contributed by atoms with Crippen molar-refractivity contribution in [3.8, 4) is 5.75 Å². The molecule has 2 N–H and O–H groups in total. The number of ether oxygens (including phenoxy) is 1. The van der Waals surface area contributed by atoms with E-state index in [0.29, 0.717) is 6.61 Å². The molecule has 2 atom stereocenters. The highest BCUT2D eigenvalue weighted by Gasteiger charge is 2.30. The molecule has 0 saturated carbocycles. The number of hydrogen-bond acceptors (Lipinski definition) is 4. The summed E-state index contributed by atoms with van der Waals surface area (Å²) in [6.45, 7) is 6.45. The second kappa shape index (κ2) is 7.29. The summed E-state index contributed by atoms with van der Waals surface area (Å²) in [7, 11) is 1.91. The first-order valence-electron chi connectivity index (χ1n) is 8.58. The van der Waals surface area contributed by atoms with E-state index < -0.39 is 0 Å². The number of benzene rings is 1. The fraction of sp³-hybridized carbons (Fsp3) is 0.400. The lowest BCUT2D eigenvalue weighted by atomic mass is 9.92. The van der Waals surface area contributed by atoms with Crippen LogP contribution in [-0.4, -0.2) is 28.1 Å². The van der Waals surface area contributed by atoms with E-state index >= 15 is 0 Å². The van der Waals surface area contributed by atoms with Gasteiger partial charge in [0.15, 0.2) is 0 Å². The van der Waals surface area contributed by atoms with Crippen molar-refractivity contribution in [2.24, 2.45) is 0 Å². The minimum atomic E-state index is -0.281. The van der Waals surface area contributed by atoms with E-state index in [0.717, 1.165) is 39.6 Å². The van der Waals surface area contributed by atoms with Gasteiger partial charge in [0.1, 0.15) is 23.3 Å². The van der Waals surface area contributed by atoms with Crippen LogP contribution in [0, 0.1) is 6.92 Å². The minimum Gasteiger partial charge on any atom is -0.508 e. The van der Waals surface area contributed by atoms with Crippen LogP contribution in [0.1, 0.15) is 37.4 Å². The highest BCUT2D eigenvalue weighted by molar-refractivity contribution is 9.10. The molecule has 1 aromatic rings. The van der Waals surface area contributed by atoms with Crippen LogP contribution < -0.4 is 10.2 Å². The molecule has 140 valence electrons. The Balaban J connectivity index is 1.76. The number of nitrogens with zero attached hydrogens (tertiary/aromatic N) is 1. The number of nitrogens with one attached hydrogen (secondary N) is 1. The number of allylic oxidation sites excluding steroid dienone is 2. The Hall–Kier alpha value is -1.43. The summed E-state index contributed by atoms with van der Waals surface area (Å²) < 4.78 is 5.74. The van der Waals surface area contributed by atoms with E-state index in [9.17, 15) is 5.11 Å². The van der Waals surface area contributed by atoms with Crippen LogP contribution in [0.5, 0.6) is 5.75 Å². The molecule has 26 heavy (non-hydrogen) atoms. The molecule has 3 rings (SSSR count). The SMILES string of the molecule is CC1=C(Cl)N(C)NC1c1ccc(OCC2=C(O)C=CC[C@]2(C)Br)c(C)c1. The van der Waals surface area contributed by atoms with Gasteiger partial charge in [-0.2, -0.15) is 0 Å². The van der Waals surface area contributed by atoms with Crippen molar-refractivity contribution >= 4 is 27.5 Å². The van der Waals surface area contributed by atoms with Gasteiger partial charge in [0.05, 0.1) is 10.4 Å². The molecule has 2 aliphatic rings. The van der Waals surface area contributed by atoms with Crippen LogP contribution in [0.15, 0.2) is 52.4 Å². The Morgan fingerprint density at radius 3 is 2.73 bits per heavy atom. The number of hydrogen-bond donors (Lipinski definition) is 2. The lowest BCUT2D eigenvalue weighted by Gasteiger charge is -2.28. The second-order valence-electron chi connectivity index (χ2n) is 7.08. The maximum absolute atomic E-state index is 10.2. The summed E-state index contributed by atoms with van der Waals surface area (Å²) in [6.07, 6.45) is 4.51.